The summed E-state index contributed by atoms with van der Waals surface area (Å²) in [5, 5.41) is 13.2. The standard InChI is InChI=1S/C16H12BrNO4/c17-10-3-6-14-13(8-10)16(21,15(20)18-14)9-11(19)4-5-12-2-1-7-22-12/h1-8,21H,9H2,(H,18,20)/b5-4-/t16-/m0/s1. The van der Waals surface area contributed by atoms with E-state index in [1.807, 2.05) is 0 Å². The fraction of sp³-hybridized carbons (Fsp3) is 0.125. The van der Waals surface area contributed by atoms with Crippen molar-refractivity contribution in [2.45, 2.75) is 12.0 Å². The predicted octanol–water partition coefficient (Wildman–Crippen LogP) is 2.85. The molecule has 2 N–H and O–H groups in total. The second-order valence-electron chi connectivity index (χ2n) is 5.00. The summed E-state index contributed by atoms with van der Waals surface area (Å²) in [6.45, 7) is 0. The molecule has 1 atom stereocenters. The van der Waals surface area contributed by atoms with Gasteiger partial charge in [0.2, 0.25) is 0 Å². The molecule has 112 valence electrons. The number of amides is 1. The van der Waals surface area contributed by atoms with Crippen LogP contribution in [0.1, 0.15) is 17.7 Å². The smallest absolute Gasteiger partial charge is 0.261 e. The molecule has 0 bridgehead atoms. The van der Waals surface area contributed by atoms with Gasteiger partial charge in [0.25, 0.3) is 5.91 Å². The highest BCUT2D eigenvalue weighted by atomic mass is 79.9. The van der Waals surface area contributed by atoms with Gasteiger partial charge in [-0.3, -0.25) is 9.59 Å². The molecule has 22 heavy (non-hydrogen) atoms. The number of halogens is 1. The molecule has 5 nitrogen and oxygen atoms in total. The van der Waals surface area contributed by atoms with Crippen molar-refractivity contribution < 1.29 is 19.1 Å². The molecule has 1 aromatic heterocycles. The molecule has 1 aromatic carbocycles. The van der Waals surface area contributed by atoms with Crippen molar-refractivity contribution in [2.75, 3.05) is 5.32 Å². The molecule has 0 saturated carbocycles. The molecule has 0 fully saturated rings. The summed E-state index contributed by atoms with van der Waals surface area (Å²) >= 11 is 3.30. The molecule has 0 aliphatic carbocycles. The minimum Gasteiger partial charge on any atom is -0.465 e. The van der Waals surface area contributed by atoms with Crippen molar-refractivity contribution in [3.8, 4) is 0 Å². The Kier molecular flexibility index (Phi) is 3.72. The zero-order valence-corrected chi connectivity index (χ0v) is 13.0. The Labute approximate surface area is 134 Å². The van der Waals surface area contributed by atoms with E-state index in [4.69, 9.17) is 4.42 Å². The number of ketones is 1. The Hall–Kier alpha value is -2.18. The predicted molar refractivity (Wildman–Crippen MR) is 84.0 cm³/mol. The Morgan fingerprint density at radius 1 is 1.41 bits per heavy atom. The highest BCUT2D eigenvalue weighted by molar-refractivity contribution is 9.10. The maximum Gasteiger partial charge on any atom is 0.261 e. The fourth-order valence-electron chi connectivity index (χ4n) is 2.36. The average Bonchev–Trinajstić information content (AvgIpc) is 3.06. The molecule has 2 aromatic rings. The normalized spacial score (nSPS) is 20.2. The molecule has 2 heterocycles. The van der Waals surface area contributed by atoms with Gasteiger partial charge in [0.1, 0.15) is 5.76 Å². The topological polar surface area (TPSA) is 79.5 Å². The first-order valence-corrected chi connectivity index (χ1v) is 7.36. The lowest BCUT2D eigenvalue weighted by Gasteiger charge is -2.19. The highest BCUT2D eigenvalue weighted by Gasteiger charge is 2.46. The number of benzene rings is 1. The Balaban J connectivity index is 1.83. The van der Waals surface area contributed by atoms with E-state index in [9.17, 15) is 14.7 Å². The summed E-state index contributed by atoms with van der Waals surface area (Å²) in [6, 6.07) is 8.47. The largest absolute Gasteiger partial charge is 0.465 e. The zero-order chi connectivity index (χ0) is 15.7. The lowest BCUT2D eigenvalue weighted by atomic mass is 9.90. The lowest BCUT2D eigenvalue weighted by molar-refractivity contribution is -0.138. The van der Waals surface area contributed by atoms with E-state index in [0.717, 1.165) is 4.47 Å². The van der Waals surface area contributed by atoms with Gasteiger partial charge in [-0.15, -0.1) is 0 Å². The minimum atomic E-state index is -1.86. The average molecular weight is 362 g/mol. The molecule has 6 heteroatoms. The van der Waals surface area contributed by atoms with Gasteiger partial charge in [-0.05, 0) is 42.5 Å². The van der Waals surface area contributed by atoms with Crippen LogP contribution in [0.25, 0.3) is 6.08 Å². The second-order valence-corrected chi connectivity index (χ2v) is 5.91. The summed E-state index contributed by atoms with van der Waals surface area (Å²) in [6.07, 6.45) is 3.95. The van der Waals surface area contributed by atoms with Crippen molar-refractivity contribution in [2.24, 2.45) is 0 Å². The van der Waals surface area contributed by atoms with Crippen LogP contribution >= 0.6 is 15.9 Å². The molecule has 1 aliphatic rings. The van der Waals surface area contributed by atoms with Gasteiger partial charge < -0.3 is 14.8 Å². The molecule has 0 radical (unpaired) electrons. The Bertz CT molecular complexity index is 766. The summed E-state index contributed by atoms with van der Waals surface area (Å²) < 4.78 is 5.81. The van der Waals surface area contributed by atoms with E-state index < -0.39 is 11.5 Å². The number of aliphatic hydroxyl groups is 1. The number of rotatable bonds is 4. The van der Waals surface area contributed by atoms with Crippen LogP contribution in [0.2, 0.25) is 0 Å². The molecule has 0 unspecified atom stereocenters. The van der Waals surface area contributed by atoms with E-state index >= 15 is 0 Å². The Morgan fingerprint density at radius 3 is 2.95 bits per heavy atom. The number of carbonyl (C=O) groups is 2. The molecule has 1 amide bonds. The van der Waals surface area contributed by atoms with Crippen LogP contribution in [0, 0.1) is 0 Å². The number of hydrogen-bond donors (Lipinski definition) is 2. The number of fused-ring (bicyclic) bond motifs is 1. The van der Waals surface area contributed by atoms with Crippen molar-refractivity contribution in [1.29, 1.82) is 0 Å². The number of furan rings is 1. The van der Waals surface area contributed by atoms with Crippen LogP contribution in [-0.2, 0) is 15.2 Å². The van der Waals surface area contributed by atoms with E-state index in [2.05, 4.69) is 21.2 Å². The minimum absolute atomic E-state index is 0.334. The fourth-order valence-corrected chi connectivity index (χ4v) is 2.72. The van der Waals surface area contributed by atoms with E-state index in [0.29, 0.717) is 17.0 Å². The van der Waals surface area contributed by atoms with E-state index in [1.165, 1.54) is 18.4 Å². The lowest BCUT2D eigenvalue weighted by Crippen LogP contribution is -2.36. The first kappa shape index (κ1) is 14.7. The van der Waals surface area contributed by atoms with Crippen LogP contribution in [0.3, 0.4) is 0 Å². The number of nitrogens with one attached hydrogen (secondary N) is 1. The summed E-state index contributed by atoms with van der Waals surface area (Å²) in [4.78, 5) is 24.1. The number of allylic oxidation sites excluding steroid dienone is 1. The maximum atomic E-state index is 12.1. The first-order valence-electron chi connectivity index (χ1n) is 6.57. The first-order chi connectivity index (χ1) is 10.5. The van der Waals surface area contributed by atoms with Gasteiger partial charge in [0, 0.05) is 15.7 Å². The van der Waals surface area contributed by atoms with Gasteiger partial charge in [-0.2, -0.15) is 0 Å². The number of hydrogen-bond acceptors (Lipinski definition) is 4. The highest BCUT2D eigenvalue weighted by Crippen LogP contribution is 2.39. The quantitative estimate of drug-likeness (QED) is 0.820. The molecule has 0 spiro atoms. The molecule has 3 rings (SSSR count). The third-order valence-electron chi connectivity index (χ3n) is 3.46. The van der Waals surface area contributed by atoms with Crippen LogP contribution < -0.4 is 5.32 Å². The van der Waals surface area contributed by atoms with Gasteiger partial charge >= 0.3 is 0 Å². The molecular weight excluding hydrogens is 350 g/mol. The van der Waals surface area contributed by atoms with E-state index in [1.54, 1.807) is 30.3 Å². The van der Waals surface area contributed by atoms with Crippen LogP contribution in [0.5, 0.6) is 0 Å². The van der Waals surface area contributed by atoms with Crippen molar-refractivity contribution in [1.82, 2.24) is 0 Å². The van der Waals surface area contributed by atoms with Crippen LogP contribution in [0.4, 0.5) is 5.69 Å². The summed E-state index contributed by atoms with van der Waals surface area (Å²) in [5.74, 6) is -0.443. The van der Waals surface area contributed by atoms with Gasteiger partial charge in [-0.25, -0.2) is 0 Å². The summed E-state index contributed by atoms with van der Waals surface area (Å²) in [5.41, 5.74) is -0.950. The van der Waals surface area contributed by atoms with Gasteiger partial charge in [-0.1, -0.05) is 15.9 Å². The van der Waals surface area contributed by atoms with Crippen molar-refractivity contribution >= 4 is 39.4 Å². The van der Waals surface area contributed by atoms with Gasteiger partial charge in [0.05, 0.1) is 12.7 Å². The van der Waals surface area contributed by atoms with Crippen LogP contribution in [-0.4, -0.2) is 16.8 Å². The molecule has 1 aliphatic heterocycles. The molecule has 0 saturated heterocycles. The number of anilines is 1. The zero-order valence-electron chi connectivity index (χ0n) is 11.4. The Morgan fingerprint density at radius 2 is 2.23 bits per heavy atom. The summed E-state index contributed by atoms with van der Waals surface area (Å²) in [7, 11) is 0. The van der Waals surface area contributed by atoms with Gasteiger partial charge in [0.15, 0.2) is 11.4 Å². The van der Waals surface area contributed by atoms with E-state index in [-0.39, 0.29) is 12.2 Å². The number of carbonyl (C=O) groups excluding carboxylic acids is 2. The third-order valence-corrected chi connectivity index (χ3v) is 3.95. The van der Waals surface area contributed by atoms with Crippen molar-refractivity contribution in [3.05, 3.63) is 58.5 Å². The maximum absolute atomic E-state index is 12.1. The molecular formula is C16H12BrNO4. The monoisotopic (exact) mass is 361 g/mol. The van der Waals surface area contributed by atoms with Crippen LogP contribution in [0.15, 0.2) is 51.6 Å². The SMILES string of the molecule is O=C(/C=C\c1ccco1)C[C@@]1(O)C(=O)Nc2ccc(Br)cc21. The third kappa shape index (κ3) is 2.63. The van der Waals surface area contributed by atoms with Crippen molar-refractivity contribution in [3.63, 3.8) is 0 Å². The second kappa shape index (κ2) is 5.55.